The summed E-state index contributed by atoms with van der Waals surface area (Å²) < 4.78 is 0. The number of pyridine rings is 1. The third-order valence-electron chi connectivity index (χ3n) is 5.17. The number of nitrogens with zero attached hydrogens (tertiary/aromatic N) is 3. The van der Waals surface area contributed by atoms with Crippen LogP contribution in [0.1, 0.15) is 43.6 Å². The van der Waals surface area contributed by atoms with E-state index >= 15 is 0 Å². The Morgan fingerprint density at radius 3 is 2.54 bits per heavy atom. The lowest BCUT2D eigenvalue weighted by molar-refractivity contribution is -0.136. The third-order valence-corrected chi connectivity index (χ3v) is 5.17. The monoisotopic (exact) mass is 358 g/mol. The summed E-state index contributed by atoms with van der Waals surface area (Å²) in [6, 6.07) is 5.42. The number of piperidine rings is 1. The van der Waals surface area contributed by atoms with Gasteiger partial charge in [-0.05, 0) is 38.8 Å². The summed E-state index contributed by atoms with van der Waals surface area (Å²) in [5.74, 6) is -0.277. The van der Waals surface area contributed by atoms with Gasteiger partial charge in [0, 0.05) is 44.3 Å². The minimum absolute atomic E-state index is 0.0472. The molecular weight excluding hydrogens is 332 g/mol. The zero-order valence-corrected chi connectivity index (χ0v) is 15.4. The highest BCUT2D eigenvalue weighted by Gasteiger charge is 2.38. The summed E-state index contributed by atoms with van der Waals surface area (Å²) in [5, 5.41) is 2.99. The van der Waals surface area contributed by atoms with Crippen molar-refractivity contribution >= 4 is 17.7 Å². The van der Waals surface area contributed by atoms with E-state index in [1.165, 1.54) is 0 Å². The zero-order chi connectivity index (χ0) is 18.7. The molecule has 1 aromatic heterocycles. The summed E-state index contributed by atoms with van der Waals surface area (Å²) in [7, 11) is 0. The molecule has 0 aromatic carbocycles. The van der Waals surface area contributed by atoms with Gasteiger partial charge in [0.15, 0.2) is 0 Å². The third kappa shape index (κ3) is 4.03. The Balaban J connectivity index is 1.48. The average Bonchev–Trinajstić information content (AvgIpc) is 3.04. The molecule has 0 radical (unpaired) electrons. The number of carbonyl (C=O) groups excluding carboxylic acids is 3. The van der Waals surface area contributed by atoms with E-state index < -0.39 is 0 Å². The molecule has 1 N–H and O–H groups in total. The first-order valence-electron chi connectivity index (χ1n) is 9.26. The van der Waals surface area contributed by atoms with Crippen LogP contribution in [0.2, 0.25) is 0 Å². The maximum Gasteiger partial charge on any atom is 0.270 e. The number of rotatable bonds is 4. The number of hydrogen-bond donors (Lipinski definition) is 1. The van der Waals surface area contributed by atoms with Crippen LogP contribution in [-0.2, 0) is 9.59 Å². The summed E-state index contributed by atoms with van der Waals surface area (Å²) in [4.78, 5) is 44.6. The van der Waals surface area contributed by atoms with E-state index in [0.29, 0.717) is 31.7 Å². The number of likely N-dealkylation sites (tertiary alicyclic amines) is 2. The highest BCUT2D eigenvalue weighted by molar-refractivity contribution is 5.92. The first kappa shape index (κ1) is 18.4. The molecule has 1 atom stereocenters. The van der Waals surface area contributed by atoms with Gasteiger partial charge in [-0.1, -0.05) is 6.07 Å². The molecule has 26 heavy (non-hydrogen) atoms. The number of aromatic nitrogens is 1. The maximum atomic E-state index is 12.7. The first-order chi connectivity index (χ1) is 12.5. The topological polar surface area (TPSA) is 82.6 Å². The Kier molecular flexibility index (Phi) is 5.54. The van der Waals surface area contributed by atoms with Crippen molar-refractivity contribution in [1.29, 1.82) is 0 Å². The van der Waals surface area contributed by atoms with Crippen LogP contribution < -0.4 is 5.32 Å². The molecule has 1 unspecified atom stereocenters. The Bertz CT molecular complexity index is 669. The minimum Gasteiger partial charge on any atom is -0.348 e. The van der Waals surface area contributed by atoms with Crippen molar-refractivity contribution < 1.29 is 14.4 Å². The van der Waals surface area contributed by atoms with Crippen molar-refractivity contribution in [2.24, 2.45) is 5.92 Å². The SMILES string of the molecule is CC(C)N1CC(C(=O)N2CCC(NC(=O)c3ccccn3)CC2)CC1=O. The van der Waals surface area contributed by atoms with Crippen LogP contribution in [0.15, 0.2) is 24.4 Å². The molecule has 7 heteroatoms. The Hall–Kier alpha value is -2.44. The van der Waals surface area contributed by atoms with Crippen molar-refractivity contribution in [3.05, 3.63) is 30.1 Å². The maximum absolute atomic E-state index is 12.7. The van der Waals surface area contributed by atoms with Crippen LogP contribution in [0.3, 0.4) is 0 Å². The molecule has 2 aliphatic heterocycles. The van der Waals surface area contributed by atoms with E-state index in [-0.39, 0.29) is 35.7 Å². The fraction of sp³-hybridized carbons (Fsp3) is 0.579. The fourth-order valence-electron chi connectivity index (χ4n) is 3.65. The van der Waals surface area contributed by atoms with Crippen molar-refractivity contribution in [1.82, 2.24) is 20.1 Å². The number of carbonyl (C=O) groups is 3. The van der Waals surface area contributed by atoms with Crippen LogP contribution in [0.4, 0.5) is 0 Å². The average molecular weight is 358 g/mol. The molecule has 3 heterocycles. The van der Waals surface area contributed by atoms with E-state index in [4.69, 9.17) is 0 Å². The number of hydrogen-bond acceptors (Lipinski definition) is 4. The molecule has 2 aliphatic rings. The molecule has 2 fully saturated rings. The van der Waals surface area contributed by atoms with Gasteiger partial charge in [-0.15, -0.1) is 0 Å². The smallest absolute Gasteiger partial charge is 0.270 e. The van der Waals surface area contributed by atoms with Crippen LogP contribution in [0.25, 0.3) is 0 Å². The van der Waals surface area contributed by atoms with Gasteiger partial charge in [-0.25, -0.2) is 0 Å². The summed E-state index contributed by atoms with van der Waals surface area (Å²) in [6.45, 7) is 5.68. The summed E-state index contributed by atoms with van der Waals surface area (Å²) in [5.41, 5.74) is 0.407. The second-order valence-corrected chi connectivity index (χ2v) is 7.33. The van der Waals surface area contributed by atoms with Gasteiger partial charge in [0.2, 0.25) is 11.8 Å². The second-order valence-electron chi connectivity index (χ2n) is 7.33. The molecule has 0 spiro atoms. The fourth-order valence-corrected chi connectivity index (χ4v) is 3.65. The van der Waals surface area contributed by atoms with Crippen LogP contribution in [-0.4, -0.2) is 64.2 Å². The molecule has 0 bridgehead atoms. The second kappa shape index (κ2) is 7.85. The Morgan fingerprint density at radius 2 is 1.96 bits per heavy atom. The van der Waals surface area contributed by atoms with E-state index in [1.807, 2.05) is 18.7 Å². The highest BCUT2D eigenvalue weighted by atomic mass is 16.2. The lowest BCUT2D eigenvalue weighted by Gasteiger charge is -2.33. The normalized spacial score (nSPS) is 21.3. The van der Waals surface area contributed by atoms with Crippen LogP contribution in [0, 0.1) is 5.92 Å². The zero-order valence-electron chi connectivity index (χ0n) is 15.4. The Labute approximate surface area is 153 Å². The predicted octanol–water partition coefficient (Wildman–Crippen LogP) is 1.06. The molecule has 7 nitrogen and oxygen atoms in total. The van der Waals surface area contributed by atoms with Gasteiger partial charge < -0.3 is 15.1 Å². The van der Waals surface area contributed by atoms with Gasteiger partial charge in [-0.3, -0.25) is 19.4 Å². The van der Waals surface area contributed by atoms with E-state index in [2.05, 4.69) is 10.3 Å². The van der Waals surface area contributed by atoms with Gasteiger partial charge in [0.1, 0.15) is 5.69 Å². The Morgan fingerprint density at radius 1 is 1.23 bits per heavy atom. The highest BCUT2D eigenvalue weighted by Crippen LogP contribution is 2.23. The first-order valence-corrected chi connectivity index (χ1v) is 9.26. The predicted molar refractivity (Wildman–Crippen MR) is 96.3 cm³/mol. The molecule has 0 saturated carbocycles. The lowest BCUT2D eigenvalue weighted by atomic mass is 10.0. The van der Waals surface area contributed by atoms with Crippen molar-refractivity contribution in [3.63, 3.8) is 0 Å². The quantitative estimate of drug-likeness (QED) is 0.872. The van der Waals surface area contributed by atoms with Crippen molar-refractivity contribution in [2.75, 3.05) is 19.6 Å². The van der Waals surface area contributed by atoms with Gasteiger partial charge in [0.05, 0.1) is 5.92 Å². The number of nitrogens with one attached hydrogen (secondary N) is 1. The standard InChI is InChI=1S/C19H26N4O3/c1-13(2)23-12-14(11-17(23)24)19(26)22-9-6-15(7-10-22)21-18(25)16-5-3-4-8-20-16/h3-5,8,13-15H,6-7,9-12H2,1-2H3,(H,21,25). The lowest BCUT2D eigenvalue weighted by Crippen LogP contribution is -2.48. The molecule has 140 valence electrons. The van der Waals surface area contributed by atoms with Crippen molar-refractivity contribution in [3.8, 4) is 0 Å². The van der Waals surface area contributed by atoms with Crippen LogP contribution >= 0.6 is 0 Å². The molecule has 0 aliphatic carbocycles. The van der Waals surface area contributed by atoms with Gasteiger partial charge in [-0.2, -0.15) is 0 Å². The van der Waals surface area contributed by atoms with Gasteiger partial charge in [0.25, 0.3) is 5.91 Å². The van der Waals surface area contributed by atoms with Crippen LogP contribution in [0.5, 0.6) is 0 Å². The van der Waals surface area contributed by atoms with E-state index in [9.17, 15) is 14.4 Å². The summed E-state index contributed by atoms with van der Waals surface area (Å²) >= 11 is 0. The molecule has 1 aromatic rings. The van der Waals surface area contributed by atoms with Gasteiger partial charge >= 0.3 is 0 Å². The molecule has 3 rings (SSSR count). The largest absolute Gasteiger partial charge is 0.348 e. The molecule has 2 saturated heterocycles. The van der Waals surface area contributed by atoms with E-state index in [1.54, 1.807) is 29.3 Å². The summed E-state index contributed by atoms with van der Waals surface area (Å²) in [6.07, 6.45) is 3.35. The van der Waals surface area contributed by atoms with E-state index in [0.717, 1.165) is 12.8 Å². The molecule has 3 amide bonds. The molecular formula is C19H26N4O3. The number of amides is 3. The van der Waals surface area contributed by atoms with Crippen molar-refractivity contribution in [2.45, 2.75) is 45.2 Å². The minimum atomic E-state index is -0.232.